The minimum Gasteiger partial charge on any atom is -0.444 e. The summed E-state index contributed by atoms with van der Waals surface area (Å²) in [4.78, 5) is 19.2. The molecule has 0 aromatic carbocycles. The molecule has 5 nitrogen and oxygen atoms in total. The second-order valence-electron chi connectivity index (χ2n) is 4.37. The number of nitrogens with zero attached hydrogens (tertiary/aromatic N) is 2. The molecule has 0 aliphatic carbocycles. The third-order valence-electron chi connectivity index (χ3n) is 1.64. The van der Waals surface area contributed by atoms with Crippen molar-refractivity contribution in [3.8, 4) is 0 Å². The van der Waals surface area contributed by atoms with Crippen LogP contribution in [-0.4, -0.2) is 21.7 Å². The standard InChI is InChI=1S/C10H13Cl2N3O2/c1-5-6(7(11)15-8(12)13-5)14-9(16)17-10(2,3)4/h1-4H3,(H,14,16). The summed E-state index contributed by atoms with van der Waals surface area (Å²) in [5.74, 6) is 0. The number of carbonyl (C=O) groups excluding carboxylic acids is 1. The predicted molar refractivity (Wildman–Crippen MR) is 66.6 cm³/mol. The molecule has 0 saturated heterocycles. The molecule has 0 aliphatic heterocycles. The van der Waals surface area contributed by atoms with E-state index in [1.165, 1.54) is 0 Å². The van der Waals surface area contributed by atoms with Gasteiger partial charge in [-0.1, -0.05) is 11.6 Å². The summed E-state index contributed by atoms with van der Waals surface area (Å²) in [5, 5.41) is 2.59. The number of nitrogens with one attached hydrogen (secondary N) is 1. The zero-order valence-electron chi connectivity index (χ0n) is 9.97. The van der Waals surface area contributed by atoms with Crippen molar-refractivity contribution in [2.75, 3.05) is 5.32 Å². The van der Waals surface area contributed by atoms with Crippen LogP contribution in [0.1, 0.15) is 26.5 Å². The fourth-order valence-corrected chi connectivity index (χ4v) is 1.57. The topological polar surface area (TPSA) is 64.1 Å². The minimum atomic E-state index is -0.617. The van der Waals surface area contributed by atoms with Gasteiger partial charge in [-0.05, 0) is 39.3 Å². The van der Waals surface area contributed by atoms with Crippen LogP contribution in [-0.2, 0) is 4.74 Å². The summed E-state index contributed by atoms with van der Waals surface area (Å²) in [5.41, 5.74) is 0.184. The first-order chi connectivity index (χ1) is 7.69. The van der Waals surface area contributed by atoms with Gasteiger partial charge >= 0.3 is 6.09 Å². The fourth-order valence-electron chi connectivity index (χ4n) is 1.05. The number of rotatable bonds is 1. The third kappa shape index (κ3) is 4.36. The molecular weight excluding hydrogens is 265 g/mol. The Bertz CT molecular complexity index is 421. The van der Waals surface area contributed by atoms with Crippen molar-refractivity contribution in [2.45, 2.75) is 33.3 Å². The highest BCUT2D eigenvalue weighted by Gasteiger charge is 2.19. The lowest BCUT2D eigenvalue weighted by atomic mass is 10.2. The van der Waals surface area contributed by atoms with Gasteiger partial charge in [0.1, 0.15) is 11.3 Å². The van der Waals surface area contributed by atoms with Crippen molar-refractivity contribution in [1.29, 1.82) is 0 Å². The molecule has 17 heavy (non-hydrogen) atoms. The molecule has 1 amide bonds. The third-order valence-corrected chi connectivity index (χ3v) is 2.09. The van der Waals surface area contributed by atoms with Crippen LogP contribution >= 0.6 is 23.2 Å². The number of halogens is 2. The minimum absolute atomic E-state index is 0.0299. The maximum atomic E-state index is 11.5. The van der Waals surface area contributed by atoms with E-state index in [2.05, 4.69) is 15.3 Å². The van der Waals surface area contributed by atoms with Crippen LogP contribution in [0.3, 0.4) is 0 Å². The zero-order chi connectivity index (χ0) is 13.2. The monoisotopic (exact) mass is 277 g/mol. The highest BCUT2D eigenvalue weighted by atomic mass is 35.5. The molecule has 1 N–H and O–H groups in total. The largest absolute Gasteiger partial charge is 0.444 e. The molecule has 94 valence electrons. The highest BCUT2D eigenvalue weighted by Crippen LogP contribution is 2.24. The molecule has 0 unspecified atom stereocenters. The Kier molecular flexibility index (Phi) is 4.16. The summed E-state index contributed by atoms with van der Waals surface area (Å²) >= 11 is 11.5. The van der Waals surface area contributed by atoms with E-state index in [4.69, 9.17) is 27.9 Å². The van der Waals surface area contributed by atoms with Crippen LogP contribution in [0.2, 0.25) is 10.4 Å². The van der Waals surface area contributed by atoms with Gasteiger partial charge in [0.15, 0.2) is 5.15 Å². The first-order valence-electron chi connectivity index (χ1n) is 4.88. The molecular formula is C10H13Cl2N3O2. The SMILES string of the molecule is Cc1nc(Cl)nc(Cl)c1NC(=O)OC(C)(C)C. The van der Waals surface area contributed by atoms with E-state index in [1.807, 2.05) is 0 Å². The van der Waals surface area contributed by atoms with Crippen LogP contribution in [0, 0.1) is 6.92 Å². The number of ether oxygens (including phenoxy) is 1. The summed E-state index contributed by atoms with van der Waals surface area (Å²) in [6.45, 7) is 6.95. The normalized spacial score (nSPS) is 11.2. The van der Waals surface area contributed by atoms with E-state index in [9.17, 15) is 4.79 Å². The van der Waals surface area contributed by atoms with Gasteiger partial charge in [-0.15, -0.1) is 0 Å². The maximum absolute atomic E-state index is 11.5. The molecule has 0 saturated carbocycles. The van der Waals surface area contributed by atoms with E-state index >= 15 is 0 Å². The molecule has 0 spiro atoms. The van der Waals surface area contributed by atoms with Crippen LogP contribution < -0.4 is 5.32 Å². The summed E-state index contributed by atoms with van der Waals surface area (Å²) in [6.07, 6.45) is -0.617. The first kappa shape index (κ1) is 14.0. The van der Waals surface area contributed by atoms with E-state index in [1.54, 1.807) is 27.7 Å². The molecule has 0 fully saturated rings. The molecule has 7 heteroatoms. The molecule has 1 heterocycles. The van der Waals surface area contributed by atoms with Gasteiger partial charge in [-0.2, -0.15) is 0 Å². The van der Waals surface area contributed by atoms with E-state index in [-0.39, 0.29) is 10.4 Å². The van der Waals surface area contributed by atoms with Crippen molar-refractivity contribution in [2.24, 2.45) is 0 Å². The fraction of sp³-hybridized carbons (Fsp3) is 0.500. The Morgan fingerprint density at radius 1 is 1.29 bits per heavy atom. The highest BCUT2D eigenvalue weighted by molar-refractivity contribution is 6.34. The molecule has 0 aliphatic rings. The zero-order valence-corrected chi connectivity index (χ0v) is 11.5. The Labute approximate surface area is 109 Å². The van der Waals surface area contributed by atoms with Gasteiger partial charge < -0.3 is 4.74 Å². The van der Waals surface area contributed by atoms with Crippen molar-refractivity contribution in [3.05, 3.63) is 16.1 Å². The van der Waals surface area contributed by atoms with E-state index in [0.717, 1.165) is 0 Å². The Hall–Kier alpha value is -1.07. The lowest BCUT2D eigenvalue weighted by Crippen LogP contribution is -2.27. The molecule has 1 aromatic heterocycles. The lowest BCUT2D eigenvalue weighted by molar-refractivity contribution is 0.0635. The van der Waals surface area contributed by atoms with Crippen LogP contribution in [0.15, 0.2) is 0 Å². The van der Waals surface area contributed by atoms with Gasteiger partial charge in [0.2, 0.25) is 5.28 Å². The van der Waals surface area contributed by atoms with Gasteiger partial charge in [-0.3, -0.25) is 5.32 Å². The molecule has 0 bridgehead atoms. The van der Waals surface area contributed by atoms with E-state index in [0.29, 0.717) is 11.4 Å². The average molecular weight is 278 g/mol. The number of amides is 1. The average Bonchev–Trinajstić information content (AvgIpc) is 2.08. The van der Waals surface area contributed by atoms with E-state index < -0.39 is 11.7 Å². The second kappa shape index (κ2) is 5.06. The molecule has 0 radical (unpaired) electrons. The van der Waals surface area contributed by atoms with Gasteiger partial charge in [0.25, 0.3) is 0 Å². The number of aryl methyl sites for hydroxylation is 1. The van der Waals surface area contributed by atoms with Crippen LogP contribution in [0.4, 0.5) is 10.5 Å². The van der Waals surface area contributed by atoms with Gasteiger partial charge in [0, 0.05) is 0 Å². The number of hydrogen-bond acceptors (Lipinski definition) is 4. The quantitative estimate of drug-likeness (QED) is 0.631. The summed E-state index contributed by atoms with van der Waals surface area (Å²) < 4.78 is 5.08. The van der Waals surface area contributed by atoms with Crippen molar-refractivity contribution >= 4 is 35.0 Å². The Morgan fingerprint density at radius 2 is 1.88 bits per heavy atom. The summed E-state index contributed by atoms with van der Waals surface area (Å²) in [7, 11) is 0. The van der Waals surface area contributed by atoms with Crippen molar-refractivity contribution in [3.63, 3.8) is 0 Å². The lowest BCUT2D eigenvalue weighted by Gasteiger charge is -2.20. The smallest absolute Gasteiger partial charge is 0.412 e. The Morgan fingerprint density at radius 3 is 2.35 bits per heavy atom. The number of carbonyl (C=O) groups is 1. The van der Waals surface area contributed by atoms with Crippen LogP contribution in [0.5, 0.6) is 0 Å². The van der Waals surface area contributed by atoms with Gasteiger partial charge in [-0.25, -0.2) is 14.8 Å². The number of anilines is 1. The predicted octanol–water partition coefficient (Wildman–Crippen LogP) is 3.44. The van der Waals surface area contributed by atoms with Gasteiger partial charge in [0.05, 0.1) is 5.69 Å². The molecule has 1 rings (SSSR count). The van der Waals surface area contributed by atoms with Crippen molar-refractivity contribution in [1.82, 2.24) is 9.97 Å². The maximum Gasteiger partial charge on any atom is 0.412 e. The first-order valence-corrected chi connectivity index (χ1v) is 5.64. The molecule has 1 aromatic rings. The number of hydrogen-bond donors (Lipinski definition) is 1. The second-order valence-corrected chi connectivity index (χ2v) is 5.07. The molecule has 0 atom stereocenters. The Balaban J connectivity index is 2.86. The number of aromatic nitrogens is 2. The van der Waals surface area contributed by atoms with Crippen molar-refractivity contribution < 1.29 is 9.53 Å². The summed E-state index contributed by atoms with van der Waals surface area (Å²) in [6, 6.07) is 0. The van der Waals surface area contributed by atoms with Crippen LogP contribution in [0.25, 0.3) is 0 Å².